The number of carbonyl (C=O) groups excluding carboxylic acids is 2. The van der Waals surface area contributed by atoms with Crippen LogP contribution >= 0.6 is 0 Å². The van der Waals surface area contributed by atoms with Crippen molar-refractivity contribution in [3.8, 4) is 0 Å². The van der Waals surface area contributed by atoms with Gasteiger partial charge in [-0.3, -0.25) is 0 Å². The Morgan fingerprint density at radius 1 is 0.852 bits per heavy atom. The van der Waals surface area contributed by atoms with Crippen molar-refractivity contribution in [2.75, 3.05) is 5.01 Å². The van der Waals surface area contributed by atoms with Gasteiger partial charge in [0.05, 0.1) is 5.69 Å². The van der Waals surface area contributed by atoms with Crippen LogP contribution in [-0.2, 0) is 19.3 Å². The Hall–Kier alpha value is -3.81. The summed E-state index contributed by atoms with van der Waals surface area (Å²) in [6.45, 7) is 2.46. The number of carbonyl (C=O) groups is 2. The average molecular weight is 364 g/mol. The first kappa shape index (κ1) is 18.0. The standard InChI is InChI=1S/C19H16N4O4/c1-13(24)26-21-18-17(15-9-5-3-6-10-15)20-23(16-11-7-4-8-12-16)19(18)22-27-14(2)25/h3-12H,1-2H3/b21-18-,22-19+. The molecule has 0 saturated carbocycles. The molecule has 27 heavy (non-hydrogen) atoms. The molecule has 2 aromatic rings. The lowest BCUT2D eigenvalue weighted by atomic mass is 10.1. The van der Waals surface area contributed by atoms with Gasteiger partial charge < -0.3 is 9.68 Å². The van der Waals surface area contributed by atoms with Crippen LogP contribution in [0.15, 0.2) is 76.1 Å². The molecule has 0 saturated heterocycles. The van der Waals surface area contributed by atoms with Crippen molar-refractivity contribution in [1.29, 1.82) is 0 Å². The Morgan fingerprint density at radius 3 is 2.00 bits per heavy atom. The van der Waals surface area contributed by atoms with E-state index in [4.69, 9.17) is 9.68 Å². The van der Waals surface area contributed by atoms with E-state index in [1.165, 1.54) is 18.9 Å². The maximum atomic E-state index is 11.3. The number of hydrogen-bond donors (Lipinski definition) is 0. The van der Waals surface area contributed by atoms with E-state index in [0.717, 1.165) is 5.56 Å². The van der Waals surface area contributed by atoms with Crippen molar-refractivity contribution < 1.29 is 19.3 Å². The third-order valence-electron chi connectivity index (χ3n) is 3.41. The van der Waals surface area contributed by atoms with E-state index in [-0.39, 0.29) is 11.5 Å². The highest BCUT2D eigenvalue weighted by molar-refractivity contribution is 6.75. The fourth-order valence-electron chi connectivity index (χ4n) is 2.32. The molecule has 0 aliphatic carbocycles. The molecule has 0 unspecified atom stereocenters. The number of anilines is 1. The summed E-state index contributed by atoms with van der Waals surface area (Å²) in [7, 11) is 0. The van der Waals surface area contributed by atoms with Gasteiger partial charge in [0.1, 0.15) is 5.71 Å². The lowest BCUT2D eigenvalue weighted by molar-refractivity contribution is -0.142. The van der Waals surface area contributed by atoms with Crippen LogP contribution in [0.4, 0.5) is 5.69 Å². The van der Waals surface area contributed by atoms with Gasteiger partial charge in [0, 0.05) is 19.4 Å². The summed E-state index contributed by atoms with van der Waals surface area (Å²) >= 11 is 0. The first-order chi connectivity index (χ1) is 13.1. The van der Waals surface area contributed by atoms with Crippen LogP contribution in [0.3, 0.4) is 0 Å². The van der Waals surface area contributed by atoms with Crippen molar-refractivity contribution >= 4 is 34.9 Å². The molecule has 8 nitrogen and oxygen atoms in total. The predicted molar refractivity (Wildman–Crippen MR) is 100 cm³/mol. The molecule has 0 fully saturated rings. The van der Waals surface area contributed by atoms with Gasteiger partial charge in [0.25, 0.3) is 0 Å². The molecule has 0 radical (unpaired) electrons. The second kappa shape index (κ2) is 8.05. The molecule has 1 heterocycles. The Kier molecular flexibility index (Phi) is 5.36. The van der Waals surface area contributed by atoms with Crippen molar-refractivity contribution in [2.24, 2.45) is 15.4 Å². The lowest BCUT2D eigenvalue weighted by Gasteiger charge is -2.13. The minimum absolute atomic E-state index is 0.122. The zero-order valence-electron chi connectivity index (χ0n) is 14.7. The molecular formula is C19H16N4O4. The van der Waals surface area contributed by atoms with Gasteiger partial charge in [-0.05, 0) is 12.1 Å². The van der Waals surface area contributed by atoms with Gasteiger partial charge in [-0.1, -0.05) is 58.8 Å². The van der Waals surface area contributed by atoms with Crippen LogP contribution in [0.1, 0.15) is 19.4 Å². The Balaban J connectivity index is 2.14. The van der Waals surface area contributed by atoms with Gasteiger partial charge >= 0.3 is 11.9 Å². The molecule has 1 aliphatic rings. The van der Waals surface area contributed by atoms with Gasteiger partial charge in [0.15, 0.2) is 5.71 Å². The quantitative estimate of drug-likeness (QED) is 0.614. The van der Waals surface area contributed by atoms with Crippen LogP contribution in [0, 0.1) is 0 Å². The number of hydrogen-bond acceptors (Lipinski definition) is 7. The van der Waals surface area contributed by atoms with E-state index in [0.29, 0.717) is 11.4 Å². The van der Waals surface area contributed by atoms with Gasteiger partial charge in [-0.2, -0.15) is 5.10 Å². The number of rotatable bonds is 4. The van der Waals surface area contributed by atoms with Crippen molar-refractivity contribution in [3.63, 3.8) is 0 Å². The second-order valence-corrected chi connectivity index (χ2v) is 5.48. The Labute approximate surface area is 155 Å². The molecule has 0 bridgehead atoms. The van der Waals surface area contributed by atoms with Gasteiger partial charge in [0.2, 0.25) is 5.84 Å². The van der Waals surface area contributed by atoms with Gasteiger partial charge in [-0.25, -0.2) is 14.6 Å². The van der Waals surface area contributed by atoms with E-state index >= 15 is 0 Å². The molecule has 8 heteroatoms. The third-order valence-corrected chi connectivity index (χ3v) is 3.41. The maximum absolute atomic E-state index is 11.3. The molecular weight excluding hydrogens is 348 g/mol. The topological polar surface area (TPSA) is 92.9 Å². The van der Waals surface area contributed by atoms with Crippen molar-refractivity contribution in [2.45, 2.75) is 13.8 Å². The minimum Gasteiger partial charge on any atom is -0.318 e. The fourth-order valence-corrected chi connectivity index (χ4v) is 2.32. The van der Waals surface area contributed by atoms with E-state index in [2.05, 4.69) is 15.4 Å². The smallest absolute Gasteiger partial charge is 0.318 e. The van der Waals surface area contributed by atoms with Crippen molar-refractivity contribution in [3.05, 3.63) is 66.2 Å². The normalized spacial score (nSPS) is 16.4. The zero-order chi connectivity index (χ0) is 19.2. The molecule has 0 amide bonds. The highest BCUT2D eigenvalue weighted by atomic mass is 16.7. The lowest BCUT2D eigenvalue weighted by Crippen LogP contribution is -2.29. The summed E-state index contributed by atoms with van der Waals surface area (Å²) in [5, 5.41) is 13.8. The number of hydrazone groups is 1. The summed E-state index contributed by atoms with van der Waals surface area (Å²) in [6.07, 6.45) is 0. The van der Waals surface area contributed by atoms with Crippen molar-refractivity contribution in [1.82, 2.24) is 0 Å². The van der Waals surface area contributed by atoms with Crippen LogP contribution < -0.4 is 5.01 Å². The second-order valence-electron chi connectivity index (χ2n) is 5.48. The minimum atomic E-state index is -0.601. The molecule has 0 N–H and O–H groups in total. The molecule has 1 aliphatic heterocycles. The van der Waals surface area contributed by atoms with Crippen LogP contribution in [0.25, 0.3) is 0 Å². The number of oxime groups is 2. The van der Waals surface area contributed by atoms with Gasteiger partial charge in [-0.15, -0.1) is 0 Å². The van der Waals surface area contributed by atoms with E-state index in [9.17, 15) is 9.59 Å². The number of amidine groups is 1. The van der Waals surface area contributed by atoms with Crippen LogP contribution in [0.5, 0.6) is 0 Å². The fraction of sp³-hybridized carbons (Fsp3) is 0.105. The average Bonchev–Trinajstić information content (AvgIpc) is 3.04. The first-order valence-electron chi connectivity index (χ1n) is 8.07. The van der Waals surface area contributed by atoms with E-state index < -0.39 is 11.9 Å². The predicted octanol–water partition coefficient (Wildman–Crippen LogP) is 2.71. The monoisotopic (exact) mass is 364 g/mol. The molecule has 3 rings (SSSR count). The highest BCUT2D eigenvalue weighted by Gasteiger charge is 2.34. The number of para-hydroxylation sites is 1. The largest absolute Gasteiger partial charge is 0.332 e. The SMILES string of the molecule is CC(=O)O/N=C1/C(c2ccccc2)=NN(c2ccccc2)/C1=N/OC(C)=O. The Morgan fingerprint density at radius 2 is 1.41 bits per heavy atom. The summed E-state index contributed by atoms with van der Waals surface area (Å²) in [4.78, 5) is 32.1. The summed E-state index contributed by atoms with van der Waals surface area (Å²) < 4.78 is 0. The molecule has 0 aromatic heterocycles. The summed E-state index contributed by atoms with van der Waals surface area (Å²) in [6, 6.07) is 18.4. The summed E-state index contributed by atoms with van der Waals surface area (Å²) in [5.74, 6) is -1.08. The van der Waals surface area contributed by atoms with Crippen LogP contribution in [-0.4, -0.2) is 29.2 Å². The number of nitrogens with zero attached hydrogens (tertiary/aromatic N) is 4. The first-order valence-corrected chi connectivity index (χ1v) is 8.07. The van der Waals surface area contributed by atoms with E-state index in [1.807, 2.05) is 60.7 Å². The summed E-state index contributed by atoms with van der Waals surface area (Å²) in [5.41, 5.74) is 2.00. The maximum Gasteiger partial charge on any atom is 0.332 e. The van der Waals surface area contributed by atoms with Crippen LogP contribution in [0.2, 0.25) is 0 Å². The number of benzene rings is 2. The molecule has 0 atom stereocenters. The highest BCUT2D eigenvalue weighted by Crippen LogP contribution is 2.23. The zero-order valence-corrected chi connectivity index (χ0v) is 14.7. The van der Waals surface area contributed by atoms with E-state index in [1.54, 1.807) is 0 Å². The molecule has 136 valence electrons. The third kappa shape index (κ3) is 4.24. The molecule has 2 aromatic carbocycles. The molecule has 0 spiro atoms. The Bertz CT molecular complexity index is 937.